The summed E-state index contributed by atoms with van der Waals surface area (Å²) in [6.45, 7) is 7.24. The molecule has 0 N–H and O–H groups in total. The van der Waals surface area contributed by atoms with Crippen molar-refractivity contribution in [2.75, 3.05) is 31.1 Å². The number of fused-ring (bicyclic) bond motifs is 1. The third kappa shape index (κ3) is 2.80. The minimum absolute atomic E-state index is 0.665. The van der Waals surface area contributed by atoms with E-state index in [9.17, 15) is 0 Å². The van der Waals surface area contributed by atoms with Gasteiger partial charge in [-0.25, -0.2) is 14.6 Å². The van der Waals surface area contributed by atoms with Crippen LogP contribution in [-0.2, 0) is 6.54 Å². The molecule has 1 saturated carbocycles. The van der Waals surface area contributed by atoms with Crippen LogP contribution in [0.1, 0.15) is 42.3 Å². The van der Waals surface area contributed by atoms with Gasteiger partial charge in [-0.3, -0.25) is 4.90 Å². The summed E-state index contributed by atoms with van der Waals surface area (Å²) in [5.74, 6) is 3.21. The van der Waals surface area contributed by atoms with Gasteiger partial charge in [0.2, 0.25) is 0 Å². The molecule has 2 saturated heterocycles. The molecule has 2 atom stereocenters. The highest BCUT2D eigenvalue weighted by Crippen LogP contribution is 2.38. The lowest BCUT2D eigenvalue weighted by atomic mass is 9.83. The molecule has 0 aromatic carbocycles. The maximum atomic E-state index is 4.82. The van der Waals surface area contributed by atoms with Crippen LogP contribution in [0, 0.1) is 18.8 Å². The van der Waals surface area contributed by atoms with Gasteiger partial charge in [0.1, 0.15) is 23.5 Å². The van der Waals surface area contributed by atoms with Gasteiger partial charge in [-0.2, -0.15) is 0 Å². The summed E-state index contributed by atoms with van der Waals surface area (Å²) in [6.07, 6.45) is 5.66. The van der Waals surface area contributed by atoms with Crippen molar-refractivity contribution < 1.29 is 4.63 Å². The average molecular weight is 340 g/mol. The van der Waals surface area contributed by atoms with Crippen molar-refractivity contribution in [1.29, 1.82) is 0 Å². The third-order valence-corrected chi connectivity index (χ3v) is 6.20. The number of aromatic nitrogens is 4. The highest BCUT2D eigenvalue weighted by Gasteiger charge is 2.40. The quantitative estimate of drug-likeness (QED) is 0.843. The van der Waals surface area contributed by atoms with Gasteiger partial charge in [-0.1, -0.05) is 16.7 Å². The predicted octanol–water partition coefficient (Wildman–Crippen LogP) is 2.00. The van der Waals surface area contributed by atoms with Crippen molar-refractivity contribution in [3.05, 3.63) is 29.5 Å². The number of hydrogen-bond acceptors (Lipinski definition) is 7. The molecule has 4 heterocycles. The fraction of sp³-hybridized carbons (Fsp3) is 0.667. The van der Waals surface area contributed by atoms with Crippen LogP contribution in [0.5, 0.6) is 0 Å². The highest BCUT2D eigenvalue weighted by molar-refractivity contribution is 5.42. The molecule has 2 aromatic heterocycles. The molecule has 5 rings (SSSR count). The third-order valence-electron chi connectivity index (χ3n) is 6.20. The van der Waals surface area contributed by atoms with Crippen molar-refractivity contribution in [2.24, 2.45) is 11.8 Å². The number of hydrogen-bond donors (Lipinski definition) is 0. The molecule has 25 heavy (non-hydrogen) atoms. The first-order valence-electron chi connectivity index (χ1n) is 9.33. The van der Waals surface area contributed by atoms with Gasteiger partial charge in [-0.05, 0) is 31.6 Å². The second kappa shape index (κ2) is 6.05. The zero-order valence-electron chi connectivity index (χ0n) is 14.6. The molecule has 0 amide bonds. The van der Waals surface area contributed by atoms with Crippen molar-refractivity contribution in [3.8, 4) is 0 Å². The predicted molar refractivity (Wildman–Crippen MR) is 92.1 cm³/mol. The summed E-state index contributed by atoms with van der Waals surface area (Å²) in [6, 6.07) is 2.23. The van der Waals surface area contributed by atoms with Crippen molar-refractivity contribution >= 4 is 5.82 Å². The summed E-state index contributed by atoms with van der Waals surface area (Å²) in [4.78, 5) is 14.0. The number of likely N-dealkylation sites (tertiary alicyclic amines) is 1. The summed E-state index contributed by atoms with van der Waals surface area (Å²) in [7, 11) is 0. The second-order valence-electron chi connectivity index (χ2n) is 7.84. The van der Waals surface area contributed by atoms with Crippen LogP contribution in [-0.4, -0.2) is 51.4 Å². The van der Waals surface area contributed by atoms with Crippen LogP contribution < -0.4 is 4.90 Å². The molecule has 1 aliphatic carbocycles. The molecular formula is C18H24N6O. The Balaban J connectivity index is 1.23. The van der Waals surface area contributed by atoms with Gasteiger partial charge in [0.05, 0.1) is 0 Å². The average Bonchev–Trinajstić information content (AvgIpc) is 3.22. The van der Waals surface area contributed by atoms with E-state index in [4.69, 9.17) is 4.63 Å². The fourth-order valence-electron chi connectivity index (χ4n) is 4.47. The monoisotopic (exact) mass is 340 g/mol. The van der Waals surface area contributed by atoms with E-state index in [1.54, 1.807) is 6.33 Å². The molecule has 0 bridgehead atoms. The number of nitrogens with zero attached hydrogens (tertiary/aromatic N) is 6. The van der Waals surface area contributed by atoms with E-state index in [-0.39, 0.29) is 0 Å². The Bertz CT molecular complexity index is 744. The lowest BCUT2D eigenvalue weighted by molar-refractivity contribution is 0.275. The van der Waals surface area contributed by atoms with Crippen LogP contribution in [0.4, 0.5) is 5.82 Å². The topological polar surface area (TPSA) is 71.2 Å². The maximum Gasteiger partial charge on any atom is 0.132 e. The van der Waals surface area contributed by atoms with Crippen LogP contribution in [0.3, 0.4) is 0 Å². The zero-order chi connectivity index (χ0) is 16.8. The van der Waals surface area contributed by atoms with Gasteiger partial charge in [0, 0.05) is 50.4 Å². The molecule has 7 heteroatoms. The molecule has 2 aliphatic heterocycles. The first-order valence-corrected chi connectivity index (χ1v) is 9.33. The standard InChI is InChI=1S/C18H24N6O/c1-12-17(22-25-21-12)10-23-6-14-8-24(9-15(14)7-23)18-5-16(19-11-20-18)13-3-2-4-13/h5,11,13-15H,2-4,6-10H2,1H3. The largest absolute Gasteiger partial charge is 0.356 e. The number of aryl methyl sites for hydroxylation is 1. The molecular weight excluding hydrogens is 316 g/mol. The first kappa shape index (κ1) is 15.3. The summed E-state index contributed by atoms with van der Waals surface area (Å²) < 4.78 is 4.82. The van der Waals surface area contributed by atoms with E-state index >= 15 is 0 Å². The summed E-state index contributed by atoms with van der Waals surface area (Å²) >= 11 is 0. The normalized spacial score (nSPS) is 26.8. The Labute approximate surface area is 147 Å². The zero-order valence-corrected chi connectivity index (χ0v) is 14.6. The van der Waals surface area contributed by atoms with E-state index in [0.29, 0.717) is 17.8 Å². The molecule has 132 valence electrons. The molecule has 0 spiro atoms. The van der Waals surface area contributed by atoms with Gasteiger partial charge in [-0.15, -0.1) is 0 Å². The Kier molecular flexibility index (Phi) is 3.69. The fourth-order valence-corrected chi connectivity index (χ4v) is 4.47. The van der Waals surface area contributed by atoms with E-state index < -0.39 is 0 Å². The van der Waals surface area contributed by atoms with Crippen LogP contribution >= 0.6 is 0 Å². The lowest BCUT2D eigenvalue weighted by Gasteiger charge is -2.26. The van der Waals surface area contributed by atoms with E-state index in [1.807, 2.05) is 6.92 Å². The smallest absolute Gasteiger partial charge is 0.132 e. The van der Waals surface area contributed by atoms with Gasteiger partial charge >= 0.3 is 0 Å². The maximum absolute atomic E-state index is 4.82. The highest BCUT2D eigenvalue weighted by atomic mass is 16.6. The van der Waals surface area contributed by atoms with E-state index in [0.717, 1.165) is 49.9 Å². The molecule has 0 radical (unpaired) electrons. The number of rotatable bonds is 4. The lowest BCUT2D eigenvalue weighted by Crippen LogP contribution is -2.29. The van der Waals surface area contributed by atoms with Gasteiger partial charge in [0.25, 0.3) is 0 Å². The minimum Gasteiger partial charge on any atom is -0.356 e. The van der Waals surface area contributed by atoms with Crippen LogP contribution in [0.25, 0.3) is 0 Å². The van der Waals surface area contributed by atoms with Crippen molar-refractivity contribution in [3.63, 3.8) is 0 Å². The number of anilines is 1. The van der Waals surface area contributed by atoms with E-state index in [2.05, 4.69) is 36.1 Å². The van der Waals surface area contributed by atoms with Gasteiger partial charge in [0.15, 0.2) is 0 Å². The minimum atomic E-state index is 0.665. The molecule has 7 nitrogen and oxygen atoms in total. The van der Waals surface area contributed by atoms with E-state index in [1.165, 1.54) is 25.0 Å². The van der Waals surface area contributed by atoms with Crippen LogP contribution in [0.2, 0.25) is 0 Å². The second-order valence-corrected chi connectivity index (χ2v) is 7.84. The summed E-state index contributed by atoms with van der Waals surface area (Å²) in [5, 5.41) is 7.90. The van der Waals surface area contributed by atoms with Crippen molar-refractivity contribution in [1.82, 2.24) is 25.2 Å². The Morgan fingerprint density at radius 2 is 1.88 bits per heavy atom. The molecule has 3 fully saturated rings. The Morgan fingerprint density at radius 1 is 1.08 bits per heavy atom. The SMILES string of the molecule is Cc1nonc1CN1CC2CN(c3cc(C4CCC4)ncn3)CC2C1. The van der Waals surface area contributed by atoms with Crippen LogP contribution in [0.15, 0.2) is 17.0 Å². The molecule has 3 aliphatic rings. The van der Waals surface area contributed by atoms with Gasteiger partial charge < -0.3 is 4.90 Å². The molecule has 2 unspecified atom stereocenters. The van der Waals surface area contributed by atoms with Crippen molar-refractivity contribution in [2.45, 2.75) is 38.6 Å². The Morgan fingerprint density at radius 3 is 2.52 bits per heavy atom. The first-order chi connectivity index (χ1) is 12.3. The summed E-state index contributed by atoms with van der Waals surface area (Å²) in [5.41, 5.74) is 3.12. The molecule has 2 aromatic rings. The Hall–Kier alpha value is -2.02.